The third kappa shape index (κ3) is 2.73. The number of carbonyl (C=O) groups excluding carboxylic acids is 1. The van der Waals surface area contributed by atoms with Crippen LogP contribution in [0.5, 0.6) is 0 Å². The Morgan fingerprint density at radius 3 is 2.67 bits per heavy atom. The van der Waals surface area contributed by atoms with E-state index >= 15 is 0 Å². The highest BCUT2D eigenvalue weighted by Gasteiger charge is 2.11. The first kappa shape index (κ1) is 12.3. The Hall–Kier alpha value is -2.18. The van der Waals surface area contributed by atoms with Gasteiger partial charge in [-0.05, 0) is 36.4 Å². The molecule has 0 spiro atoms. The molecule has 0 aliphatic carbocycles. The number of furan rings is 1. The Morgan fingerprint density at radius 2 is 2.00 bits per heavy atom. The van der Waals surface area contributed by atoms with Crippen molar-refractivity contribution in [1.29, 1.82) is 0 Å². The minimum atomic E-state index is -0.326. The number of halogens is 1. The second-order valence-corrected chi connectivity index (χ2v) is 3.99. The highest BCUT2D eigenvalue weighted by molar-refractivity contribution is 6.30. The van der Waals surface area contributed by atoms with Gasteiger partial charge in [-0.1, -0.05) is 17.5 Å². The molecule has 0 saturated carbocycles. The molecule has 3 nitrogen and oxygen atoms in total. The van der Waals surface area contributed by atoms with E-state index in [0.717, 1.165) is 5.56 Å². The van der Waals surface area contributed by atoms with Crippen LogP contribution < -0.4 is 5.32 Å². The van der Waals surface area contributed by atoms with E-state index in [1.165, 1.54) is 0 Å². The molecule has 90 valence electrons. The predicted molar refractivity (Wildman–Crippen MR) is 70.3 cm³/mol. The van der Waals surface area contributed by atoms with Crippen LogP contribution in [0, 0.1) is 12.3 Å². The lowest BCUT2D eigenvalue weighted by Crippen LogP contribution is -2.22. The Bertz CT molecular complexity index is 593. The van der Waals surface area contributed by atoms with Gasteiger partial charge in [0.2, 0.25) is 0 Å². The normalized spacial score (nSPS) is 9.78. The number of nitrogens with one attached hydrogen (secondary N) is 1. The molecule has 0 bridgehead atoms. The lowest BCUT2D eigenvalue weighted by atomic mass is 10.2. The molecule has 0 aliphatic rings. The van der Waals surface area contributed by atoms with E-state index in [4.69, 9.17) is 22.4 Å². The first-order valence-electron chi connectivity index (χ1n) is 5.28. The second-order valence-electron chi connectivity index (χ2n) is 3.56. The number of hydrogen-bond donors (Lipinski definition) is 1. The molecule has 0 radical (unpaired) electrons. The maximum atomic E-state index is 11.6. The smallest absolute Gasteiger partial charge is 0.287 e. The molecule has 1 heterocycles. The summed E-state index contributed by atoms with van der Waals surface area (Å²) in [5, 5.41) is 3.18. The molecule has 0 fully saturated rings. The minimum absolute atomic E-state index is 0.176. The average Bonchev–Trinajstić information content (AvgIpc) is 2.86. The van der Waals surface area contributed by atoms with Crippen LogP contribution in [-0.4, -0.2) is 12.5 Å². The molecular weight excluding hydrogens is 250 g/mol. The molecule has 1 aromatic heterocycles. The maximum absolute atomic E-state index is 11.6. The topological polar surface area (TPSA) is 42.2 Å². The van der Waals surface area contributed by atoms with Gasteiger partial charge in [-0.3, -0.25) is 4.79 Å². The summed E-state index contributed by atoms with van der Waals surface area (Å²) in [5.41, 5.74) is 0.857. The van der Waals surface area contributed by atoms with Crippen molar-refractivity contribution >= 4 is 17.5 Å². The number of terminal acetylenes is 1. The van der Waals surface area contributed by atoms with E-state index < -0.39 is 0 Å². The zero-order valence-corrected chi connectivity index (χ0v) is 10.2. The molecule has 0 atom stereocenters. The number of hydrogen-bond acceptors (Lipinski definition) is 2. The van der Waals surface area contributed by atoms with Crippen LogP contribution in [0.1, 0.15) is 10.6 Å². The van der Waals surface area contributed by atoms with Crippen LogP contribution in [0.2, 0.25) is 5.02 Å². The molecule has 0 saturated heterocycles. The fraction of sp³-hybridized carbons (Fsp3) is 0.0714. The molecule has 18 heavy (non-hydrogen) atoms. The van der Waals surface area contributed by atoms with E-state index in [2.05, 4.69) is 11.2 Å². The van der Waals surface area contributed by atoms with Crippen molar-refractivity contribution in [2.75, 3.05) is 6.54 Å². The van der Waals surface area contributed by atoms with Crippen LogP contribution in [0.3, 0.4) is 0 Å². The van der Waals surface area contributed by atoms with Gasteiger partial charge in [0, 0.05) is 10.6 Å². The molecule has 1 N–H and O–H groups in total. The largest absolute Gasteiger partial charge is 0.451 e. The summed E-state index contributed by atoms with van der Waals surface area (Å²) in [4.78, 5) is 11.6. The average molecular weight is 260 g/mol. The Kier molecular flexibility index (Phi) is 3.71. The summed E-state index contributed by atoms with van der Waals surface area (Å²) in [6, 6.07) is 10.5. The Balaban J connectivity index is 2.18. The van der Waals surface area contributed by atoms with Crippen LogP contribution >= 0.6 is 11.6 Å². The van der Waals surface area contributed by atoms with Crippen molar-refractivity contribution in [2.45, 2.75) is 0 Å². The highest BCUT2D eigenvalue weighted by Crippen LogP contribution is 2.23. The van der Waals surface area contributed by atoms with Crippen LogP contribution in [0.4, 0.5) is 0 Å². The quantitative estimate of drug-likeness (QED) is 0.861. The van der Waals surface area contributed by atoms with Crippen LogP contribution in [0.25, 0.3) is 11.3 Å². The molecule has 2 aromatic rings. The van der Waals surface area contributed by atoms with E-state index in [1.807, 2.05) is 12.1 Å². The third-order valence-electron chi connectivity index (χ3n) is 2.31. The standard InChI is InChI=1S/C14H10ClNO2/c1-2-9-16-14(17)13-8-7-12(18-13)10-3-5-11(15)6-4-10/h1,3-8H,9H2,(H,16,17). The molecule has 2 rings (SSSR count). The van der Waals surface area contributed by atoms with Crippen molar-refractivity contribution in [3.8, 4) is 23.7 Å². The summed E-state index contributed by atoms with van der Waals surface area (Å²) >= 11 is 5.80. The van der Waals surface area contributed by atoms with Gasteiger partial charge in [0.25, 0.3) is 5.91 Å². The van der Waals surface area contributed by atoms with Crippen LogP contribution in [0.15, 0.2) is 40.8 Å². The summed E-state index contributed by atoms with van der Waals surface area (Å²) in [6.07, 6.45) is 5.06. The zero-order chi connectivity index (χ0) is 13.0. The molecule has 0 unspecified atom stereocenters. The molecule has 4 heteroatoms. The minimum Gasteiger partial charge on any atom is -0.451 e. The van der Waals surface area contributed by atoms with E-state index in [1.54, 1.807) is 24.3 Å². The van der Waals surface area contributed by atoms with Gasteiger partial charge in [-0.2, -0.15) is 0 Å². The van der Waals surface area contributed by atoms with Gasteiger partial charge in [0.1, 0.15) is 5.76 Å². The first-order chi connectivity index (χ1) is 8.70. The van der Waals surface area contributed by atoms with Gasteiger partial charge >= 0.3 is 0 Å². The summed E-state index contributed by atoms with van der Waals surface area (Å²) in [6.45, 7) is 0.176. The van der Waals surface area contributed by atoms with Crippen molar-refractivity contribution in [2.24, 2.45) is 0 Å². The lowest BCUT2D eigenvalue weighted by Gasteiger charge is -1.98. The van der Waals surface area contributed by atoms with Gasteiger partial charge in [0.15, 0.2) is 5.76 Å². The maximum Gasteiger partial charge on any atom is 0.287 e. The predicted octanol–water partition coefficient (Wildman–Crippen LogP) is 2.96. The van der Waals surface area contributed by atoms with E-state index in [9.17, 15) is 4.79 Å². The fourth-order valence-electron chi connectivity index (χ4n) is 1.45. The number of rotatable bonds is 3. The van der Waals surface area contributed by atoms with Gasteiger partial charge < -0.3 is 9.73 Å². The fourth-order valence-corrected chi connectivity index (χ4v) is 1.57. The zero-order valence-electron chi connectivity index (χ0n) is 9.44. The van der Waals surface area contributed by atoms with Crippen LogP contribution in [-0.2, 0) is 0 Å². The number of carbonyl (C=O) groups is 1. The monoisotopic (exact) mass is 259 g/mol. The molecule has 1 aromatic carbocycles. The first-order valence-corrected chi connectivity index (χ1v) is 5.66. The van der Waals surface area contributed by atoms with Crippen molar-refractivity contribution < 1.29 is 9.21 Å². The van der Waals surface area contributed by atoms with Gasteiger partial charge in [-0.25, -0.2) is 0 Å². The molecule has 0 aliphatic heterocycles. The number of benzene rings is 1. The SMILES string of the molecule is C#CCNC(=O)c1ccc(-c2ccc(Cl)cc2)o1. The number of amides is 1. The summed E-state index contributed by atoms with van der Waals surface area (Å²) in [7, 11) is 0. The lowest BCUT2D eigenvalue weighted by molar-refractivity contribution is 0.0932. The second kappa shape index (κ2) is 5.44. The molecular formula is C14H10ClNO2. The summed E-state index contributed by atoms with van der Waals surface area (Å²) in [5.74, 6) is 2.84. The summed E-state index contributed by atoms with van der Waals surface area (Å²) < 4.78 is 5.44. The van der Waals surface area contributed by atoms with Crippen molar-refractivity contribution in [3.05, 3.63) is 47.2 Å². The van der Waals surface area contributed by atoms with E-state index in [0.29, 0.717) is 10.8 Å². The Morgan fingerprint density at radius 1 is 1.28 bits per heavy atom. The van der Waals surface area contributed by atoms with Gasteiger partial charge in [-0.15, -0.1) is 6.42 Å². The molecule has 1 amide bonds. The van der Waals surface area contributed by atoms with Gasteiger partial charge in [0.05, 0.1) is 6.54 Å². The Labute approximate surface area is 110 Å². The highest BCUT2D eigenvalue weighted by atomic mass is 35.5. The third-order valence-corrected chi connectivity index (χ3v) is 2.56. The van der Waals surface area contributed by atoms with Crippen molar-refractivity contribution in [3.63, 3.8) is 0 Å². The van der Waals surface area contributed by atoms with Crippen molar-refractivity contribution in [1.82, 2.24) is 5.32 Å². The van der Waals surface area contributed by atoms with E-state index in [-0.39, 0.29) is 18.2 Å².